The predicted octanol–water partition coefficient (Wildman–Crippen LogP) is 2.79. The van der Waals surface area contributed by atoms with Gasteiger partial charge in [0.05, 0.1) is 19.4 Å². The number of benzene rings is 1. The maximum absolute atomic E-state index is 11.9. The third-order valence-electron chi connectivity index (χ3n) is 2.15. The van der Waals surface area contributed by atoms with E-state index in [0.29, 0.717) is 18.8 Å². The van der Waals surface area contributed by atoms with Gasteiger partial charge in [0.15, 0.2) is 0 Å². The molecule has 1 aromatic rings. The van der Waals surface area contributed by atoms with Gasteiger partial charge in [-0.15, -0.1) is 0 Å². The zero-order valence-electron chi connectivity index (χ0n) is 9.16. The second-order valence-corrected chi connectivity index (χ2v) is 3.61. The van der Waals surface area contributed by atoms with Gasteiger partial charge in [-0.2, -0.15) is 0 Å². The van der Waals surface area contributed by atoms with Crippen molar-refractivity contribution in [3.05, 3.63) is 29.3 Å². The molecule has 1 atom stereocenters. The molecule has 2 nitrogen and oxygen atoms in total. The Morgan fingerprint density at radius 1 is 1.47 bits per heavy atom. The molecule has 0 fully saturated rings. The summed E-state index contributed by atoms with van der Waals surface area (Å²) >= 11 is 0. The van der Waals surface area contributed by atoms with Crippen molar-refractivity contribution < 1.29 is 14.2 Å². The van der Waals surface area contributed by atoms with Crippen LogP contribution in [0.5, 0.6) is 5.75 Å². The lowest BCUT2D eigenvalue weighted by Gasteiger charge is -2.13. The van der Waals surface area contributed by atoms with Crippen LogP contribution < -0.4 is 4.74 Å². The van der Waals surface area contributed by atoms with E-state index in [2.05, 4.69) is 0 Å². The van der Waals surface area contributed by atoms with E-state index < -0.39 is 6.10 Å². The predicted molar refractivity (Wildman–Crippen MR) is 57.9 cm³/mol. The summed E-state index contributed by atoms with van der Waals surface area (Å²) in [5.41, 5.74) is 1.81. The summed E-state index contributed by atoms with van der Waals surface area (Å²) in [6, 6.07) is 5.62. The number of aliphatic hydroxyl groups is 1. The molecule has 0 aliphatic rings. The summed E-state index contributed by atoms with van der Waals surface area (Å²) in [6.45, 7) is 3.61. The van der Waals surface area contributed by atoms with Crippen LogP contribution in [0, 0.1) is 6.92 Å². The van der Waals surface area contributed by atoms with Gasteiger partial charge in [-0.3, -0.25) is 4.39 Å². The molecule has 0 radical (unpaired) electrons. The van der Waals surface area contributed by atoms with Crippen LogP contribution in [-0.4, -0.2) is 18.4 Å². The molecule has 0 saturated carbocycles. The maximum Gasteiger partial charge on any atom is 0.125 e. The summed E-state index contributed by atoms with van der Waals surface area (Å²) in [4.78, 5) is 0. The molecule has 0 spiro atoms. The van der Waals surface area contributed by atoms with Crippen LogP contribution in [0.4, 0.5) is 4.39 Å². The Kier molecular flexibility index (Phi) is 4.56. The van der Waals surface area contributed by atoms with E-state index in [9.17, 15) is 9.50 Å². The topological polar surface area (TPSA) is 29.5 Å². The minimum Gasteiger partial charge on any atom is -0.493 e. The van der Waals surface area contributed by atoms with Crippen molar-refractivity contribution in [1.82, 2.24) is 0 Å². The zero-order chi connectivity index (χ0) is 11.3. The summed E-state index contributed by atoms with van der Waals surface area (Å²) in [5, 5.41) is 9.50. The highest BCUT2D eigenvalue weighted by atomic mass is 19.1. The van der Waals surface area contributed by atoms with Crippen LogP contribution in [0.2, 0.25) is 0 Å². The number of halogens is 1. The molecule has 0 aliphatic heterocycles. The Hall–Kier alpha value is -1.09. The van der Waals surface area contributed by atoms with Crippen LogP contribution in [0.15, 0.2) is 18.2 Å². The molecule has 1 N–H and O–H groups in total. The van der Waals surface area contributed by atoms with Gasteiger partial charge >= 0.3 is 0 Å². The SMILES string of the molecule is Cc1ccc([C@@H](C)O)c(OCCCF)c1. The maximum atomic E-state index is 11.9. The molecular formula is C12H17FO2. The Morgan fingerprint density at radius 3 is 2.80 bits per heavy atom. The molecule has 84 valence electrons. The number of ether oxygens (including phenoxy) is 1. The lowest BCUT2D eigenvalue weighted by atomic mass is 10.1. The molecule has 15 heavy (non-hydrogen) atoms. The Labute approximate surface area is 89.7 Å². The van der Waals surface area contributed by atoms with Crippen LogP contribution in [0.25, 0.3) is 0 Å². The molecular weight excluding hydrogens is 195 g/mol. The largest absolute Gasteiger partial charge is 0.493 e. The number of alkyl halides is 1. The highest BCUT2D eigenvalue weighted by molar-refractivity contribution is 5.38. The van der Waals surface area contributed by atoms with Crippen molar-refractivity contribution in [1.29, 1.82) is 0 Å². The Balaban J connectivity index is 2.77. The number of hydrogen-bond acceptors (Lipinski definition) is 2. The fraction of sp³-hybridized carbons (Fsp3) is 0.500. The van der Waals surface area contributed by atoms with Crippen LogP contribution >= 0.6 is 0 Å². The monoisotopic (exact) mass is 212 g/mol. The second-order valence-electron chi connectivity index (χ2n) is 3.61. The first-order chi connectivity index (χ1) is 7.15. The molecule has 0 unspecified atom stereocenters. The molecule has 0 aromatic heterocycles. The third-order valence-corrected chi connectivity index (χ3v) is 2.15. The normalized spacial score (nSPS) is 12.5. The second kappa shape index (κ2) is 5.71. The van der Waals surface area contributed by atoms with Gasteiger partial charge < -0.3 is 9.84 Å². The lowest BCUT2D eigenvalue weighted by Crippen LogP contribution is -2.03. The van der Waals surface area contributed by atoms with E-state index in [0.717, 1.165) is 11.1 Å². The fourth-order valence-electron chi connectivity index (χ4n) is 1.35. The van der Waals surface area contributed by atoms with Crippen molar-refractivity contribution in [2.75, 3.05) is 13.3 Å². The zero-order valence-corrected chi connectivity index (χ0v) is 9.16. The van der Waals surface area contributed by atoms with Crippen molar-refractivity contribution in [2.45, 2.75) is 26.4 Å². The van der Waals surface area contributed by atoms with Crippen LogP contribution in [-0.2, 0) is 0 Å². The van der Waals surface area contributed by atoms with E-state index in [1.807, 2.05) is 25.1 Å². The van der Waals surface area contributed by atoms with E-state index in [-0.39, 0.29) is 6.67 Å². The van der Waals surface area contributed by atoms with Gasteiger partial charge in [0.25, 0.3) is 0 Å². The molecule has 0 bridgehead atoms. The highest BCUT2D eigenvalue weighted by Gasteiger charge is 2.08. The first-order valence-electron chi connectivity index (χ1n) is 5.12. The molecule has 0 aliphatic carbocycles. The first kappa shape index (κ1) is 12.0. The first-order valence-corrected chi connectivity index (χ1v) is 5.12. The average Bonchev–Trinajstić information content (AvgIpc) is 2.18. The molecule has 1 aromatic carbocycles. The van der Waals surface area contributed by atoms with Gasteiger partial charge in [-0.25, -0.2) is 0 Å². The third kappa shape index (κ3) is 3.51. The summed E-state index contributed by atoms with van der Waals surface area (Å²) in [7, 11) is 0. The highest BCUT2D eigenvalue weighted by Crippen LogP contribution is 2.26. The summed E-state index contributed by atoms with van der Waals surface area (Å²) in [6.07, 6.45) is -0.182. The van der Waals surface area contributed by atoms with Crippen molar-refractivity contribution in [3.8, 4) is 5.75 Å². The van der Waals surface area contributed by atoms with E-state index in [4.69, 9.17) is 4.74 Å². The minimum absolute atomic E-state index is 0.347. The standard InChI is InChI=1S/C12H17FO2/c1-9-4-5-11(10(2)14)12(8-9)15-7-3-6-13/h4-5,8,10,14H,3,6-7H2,1-2H3/t10-/m1/s1. The van der Waals surface area contributed by atoms with Gasteiger partial charge in [-0.1, -0.05) is 12.1 Å². The van der Waals surface area contributed by atoms with Crippen molar-refractivity contribution in [3.63, 3.8) is 0 Å². The van der Waals surface area contributed by atoms with Gasteiger partial charge in [-0.05, 0) is 25.5 Å². The lowest BCUT2D eigenvalue weighted by molar-refractivity contribution is 0.190. The quantitative estimate of drug-likeness (QED) is 0.760. The number of aliphatic hydroxyl groups excluding tert-OH is 1. The minimum atomic E-state index is -0.564. The Bertz CT molecular complexity index is 310. The number of hydrogen-bond donors (Lipinski definition) is 1. The van der Waals surface area contributed by atoms with E-state index in [1.165, 1.54) is 0 Å². The molecule has 1 rings (SSSR count). The van der Waals surface area contributed by atoms with E-state index >= 15 is 0 Å². The molecule has 0 saturated heterocycles. The summed E-state index contributed by atoms with van der Waals surface area (Å²) < 4.78 is 17.3. The molecule has 3 heteroatoms. The summed E-state index contributed by atoms with van der Waals surface area (Å²) in [5.74, 6) is 0.651. The molecule has 0 amide bonds. The van der Waals surface area contributed by atoms with Crippen LogP contribution in [0.1, 0.15) is 30.6 Å². The number of rotatable bonds is 5. The van der Waals surface area contributed by atoms with Gasteiger partial charge in [0, 0.05) is 12.0 Å². The molecule has 0 heterocycles. The van der Waals surface area contributed by atoms with E-state index in [1.54, 1.807) is 6.92 Å². The average molecular weight is 212 g/mol. The van der Waals surface area contributed by atoms with Gasteiger partial charge in [0.2, 0.25) is 0 Å². The van der Waals surface area contributed by atoms with Gasteiger partial charge in [0.1, 0.15) is 5.75 Å². The fourth-order valence-corrected chi connectivity index (χ4v) is 1.35. The smallest absolute Gasteiger partial charge is 0.125 e. The Morgan fingerprint density at radius 2 is 2.20 bits per heavy atom. The number of aryl methyl sites for hydroxylation is 1. The van der Waals surface area contributed by atoms with Crippen LogP contribution in [0.3, 0.4) is 0 Å². The van der Waals surface area contributed by atoms with Crippen molar-refractivity contribution in [2.24, 2.45) is 0 Å². The van der Waals surface area contributed by atoms with Crippen molar-refractivity contribution >= 4 is 0 Å².